The van der Waals surface area contributed by atoms with Gasteiger partial charge in [0.2, 0.25) is 0 Å². The fraction of sp³-hybridized carbons (Fsp3) is 0.250. The summed E-state index contributed by atoms with van der Waals surface area (Å²) in [6.45, 7) is 1.17. The standard InChI is InChI=1S/C8H10N2O2/c9-10-6-2-1-3-7-8(6)12-5-4-11-7/h1-3,10H,4-5,9H2. The van der Waals surface area contributed by atoms with Crippen molar-refractivity contribution >= 4 is 5.69 Å². The Morgan fingerprint density at radius 1 is 1.25 bits per heavy atom. The molecular formula is C8H10N2O2. The maximum atomic E-state index is 5.38. The van der Waals surface area contributed by atoms with Gasteiger partial charge in [-0.05, 0) is 12.1 Å². The third-order valence-corrected chi connectivity index (χ3v) is 1.72. The van der Waals surface area contributed by atoms with E-state index in [1.54, 1.807) is 0 Å². The SMILES string of the molecule is NNc1cccc2c1OCCO2. The van der Waals surface area contributed by atoms with Gasteiger partial charge in [-0.2, -0.15) is 0 Å². The first-order valence-corrected chi connectivity index (χ1v) is 3.77. The van der Waals surface area contributed by atoms with E-state index in [1.807, 2.05) is 18.2 Å². The number of nitrogen functional groups attached to an aromatic ring is 1. The maximum Gasteiger partial charge on any atom is 0.185 e. The summed E-state index contributed by atoms with van der Waals surface area (Å²) in [5, 5.41) is 0. The lowest BCUT2D eigenvalue weighted by molar-refractivity contribution is 0.172. The minimum atomic E-state index is 0.575. The van der Waals surface area contributed by atoms with E-state index in [2.05, 4.69) is 5.43 Å². The number of fused-ring (bicyclic) bond motifs is 1. The van der Waals surface area contributed by atoms with Crippen LogP contribution in [-0.2, 0) is 0 Å². The predicted octanol–water partition coefficient (Wildman–Crippen LogP) is 0.743. The van der Waals surface area contributed by atoms with Crippen LogP contribution in [0.2, 0.25) is 0 Å². The van der Waals surface area contributed by atoms with Crippen LogP contribution in [0.5, 0.6) is 11.5 Å². The molecule has 12 heavy (non-hydrogen) atoms. The summed E-state index contributed by atoms with van der Waals surface area (Å²) < 4.78 is 10.7. The van der Waals surface area contributed by atoms with Gasteiger partial charge in [0.1, 0.15) is 13.2 Å². The molecule has 0 atom stereocenters. The minimum absolute atomic E-state index is 0.575. The second kappa shape index (κ2) is 2.91. The molecule has 0 saturated carbocycles. The highest BCUT2D eigenvalue weighted by molar-refractivity contribution is 5.62. The summed E-state index contributed by atoms with van der Waals surface area (Å²) in [5.74, 6) is 6.74. The van der Waals surface area contributed by atoms with Gasteiger partial charge in [0.15, 0.2) is 11.5 Å². The van der Waals surface area contributed by atoms with Crippen LogP contribution in [0.3, 0.4) is 0 Å². The zero-order chi connectivity index (χ0) is 8.39. The number of hydrazine groups is 1. The van der Waals surface area contributed by atoms with E-state index in [1.165, 1.54) is 0 Å². The lowest BCUT2D eigenvalue weighted by atomic mass is 10.2. The van der Waals surface area contributed by atoms with E-state index in [0.29, 0.717) is 19.0 Å². The normalized spacial score (nSPS) is 14.1. The number of hydrogen-bond donors (Lipinski definition) is 2. The highest BCUT2D eigenvalue weighted by atomic mass is 16.6. The molecule has 4 heteroatoms. The van der Waals surface area contributed by atoms with Crippen LogP contribution in [-0.4, -0.2) is 13.2 Å². The molecule has 1 aromatic rings. The molecular weight excluding hydrogens is 156 g/mol. The molecule has 0 unspecified atom stereocenters. The van der Waals surface area contributed by atoms with Crippen LogP contribution in [0.15, 0.2) is 18.2 Å². The molecule has 0 bridgehead atoms. The Morgan fingerprint density at radius 2 is 2.08 bits per heavy atom. The van der Waals surface area contributed by atoms with Crippen molar-refractivity contribution in [3.05, 3.63) is 18.2 Å². The summed E-state index contributed by atoms with van der Waals surface area (Å²) in [6.07, 6.45) is 0. The molecule has 4 nitrogen and oxygen atoms in total. The molecule has 2 rings (SSSR count). The van der Waals surface area contributed by atoms with Crippen molar-refractivity contribution in [2.45, 2.75) is 0 Å². The highest BCUT2D eigenvalue weighted by Crippen LogP contribution is 2.36. The fourth-order valence-electron chi connectivity index (χ4n) is 1.19. The molecule has 1 aromatic carbocycles. The van der Waals surface area contributed by atoms with Gasteiger partial charge in [0, 0.05) is 0 Å². The third-order valence-electron chi connectivity index (χ3n) is 1.72. The van der Waals surface area contributed by atoms with Gasteiger partial charge < -0.3 is 14.9 Å². The van der Waals surface area contributed by atoms with Crippen molar-refractivity contribution in [3.8, 4) is 11.5 Å². The van der Waals surface area contributed by atoms with Gasteiger partial charge in [-0.3, -0.25) is 5.84 Å². The first kappa shape index (κ1) is 7.24. The van der Waals surface area contributed by atoms with E-state index in [0.717, 1.165) is 11.4 Å². The van der Waals surface area contributed by atoms with Crippen molar-refractivity contribution in [1.82, 2.24) is 0 Å². The van der Waals surface area contributed by atoms with Gasteiger partial charge in [-0.1, -0.05) is 6.07 Å². The summed E-state index contributed by atoms with van der Waals surface area (Å²) in [7, 11) is 0. The number of hydrogen-bond acceptors (Lipinski definition) is 4. The number of nitrogens with two attached hydrogens (primary N) is 1. The van der Waals surface area contributed by atoms with Crippen LogP contribution in [0.4, 0.5) is 5.69 Å². The molecule has 0 saturated heterocycles. The van der Waals surface area contributed by atoms with E-state index < -0.39 is 0 Å². The quantitative estimate of drug-likeness (QED) is 0.477. The van der Waals surface area contributed by atoms with E-state index >= 15 is 0 Å². The lowest BCUT2D eigenvalue weighted by Crippen LogP contribution is -2.18. The molecule has 0 fully saturated rings. The van der Waals surface area contributed by atoms with Gasteiger partial charge >= 0.3 is 0 Å². The maximum absolute atomic E-state index is 5.38. The lowest BCUT2D eigenvalue weighted by Gasteiger charge is -2.20. The van der Waals surface area contributed by atoms with Gasteiger partial charge in [0.05, 0.1) is 5.69 Å². The summed E-state index contributed by atoms with van der Waals surface area (Å²) in [4.78, 5) is 0. The Bertz CT molecular complexity index is 274. The first-order valence-electron chi connectivity index (χ1n) is 3.77. The predicted molar refractivity (Wildman–Crippen MR) is 45.2 cm³/mol. The van der Waals surface area contributed by atoms with Crippen molar-refractivity contribution in [1.29, 1.82) is 0 Å². The zero-order valence-electron chi connectivity index (χ0n) is 6.54. The number of anilines is 1. The van der Waals surface area contributed by atoms with Gasteiger partial charge in [-0.25, -0.2) is 0 Å². The molecule has 0 aliphatic carbocycles. The Labute approximate surface area is 70.2 Å². The summed E-state index contributed by atoms with van der Waals surface area (Å²) in [5.41, 5.74) is 3.31. The molecule has 0 spiro atoms. The van der Waals surface area contributed by atoms with Gasteiger partial charge in [0.25, 0.3) is 0 Å². The van der Waals surface area contributed by atoms with Crippen molar-refractivity contribution in [2.24, 2.45) is 5.84 Å². The average molecular weight is 166 g/mol. The van der Waals surface area contributed by atoms with Crippen LogP contribution >= 0.6 is 0 Å². The highest BCUT2D eigenvalue weighted by Gasteiger charge is 2.14. The number of ether oxygens (including phenoxy) is 2. The van der Waals surface area contributed by atoms with Crippen LogP contribution in [0.25, 0.3) is 0 Å². The largest absolute Gasteiger partial charge is 0.486 e. The molecule has 0 amide bonds. The Hall–Kier alpha value is -1.42. The number of rotatable bonds is 1. The average Bonchev–Trinajstić information content (AvgIpc) is 2.17. The first-order chi connectivity index (χ1) is 5.92. The van der Waals surface area contributed by atoms with E-state index in [-0.39, 0.29) is 0 Å². The number of nitrogens with one attached hydrogen (secondary N) is 1. The molecule has 0 radical (unpaired) electrons. The third kappa shape index (κ3) is 1.06. The molecule has 1 heterocycles. The van der Waals surface area contributed by atoms with E-state index in [9.17, 15) is 0 Å². The van der Waals surface area contributed by atoms with Gasteiger partial charge in [-0.15, -0.1) is 0 Å². The Kier molecular flexibility index (Phi) is 1.75. The van der Waals surface area contributed by atoms with Crippen LogP contribution < -0.4 is 20.7 Å². The molecule has 3 N–H and O–H groups in total. The molecule has 1 aliphatic rings. The summed E-state index contributed by atoms with van der Waals surface area (Å²) in [6, 6.07) is 5.56. The Morgan fingerprint density at radius 3 is 2.92 bits per heavy atom. The number of benzene rings is 1. The zero-order valence-corrected chi connectivity index (χ0v) is 6.54. The molecule has 1 aliphatic heterocycles. The smallest absolute Gasteiger partial charge is 0.185 e. The van der Waals surface area contributed by atoms with Crippen molar-refractivity contribution in [3.63, 3.8) is 0 Å². The topological polar surface area (TPSA) is 56.5 Å². The van der Waals surface area contributed by atoms with E-state index in [4.69, 9.17) is 15.3 Å². The molecule has 0 aromatic heterocycles. The summed E-state index contributed by atoms with van der Waals surface area (Å²) >= 11 is 0. The van der Waals surface area contributed by atoms with Crippen LogP contribution in [0, 0.1) is 0 Å². The Balaban J connectivity index is 2.44. The second-order valence-corrected chi connectivity index (χ2v) is 2.47. The van der Waals surface area contributed by atoms with Crippen LogP contribution in [0.1, 0.15) is 0 Å². The van der Waals surface area contributed by atoms with Crippen molar-refractivity contribution < 1.29 is 9.47 Å². The molecule has 64 valence electrons. The second-order valence-electron chi connectivity index (χ2n) is 2.47. The van der Waals surface area contributed by atoms with Crippen molar-refractivity contribution in [2.75, 3.05) is 18.6 Å². The minimum Gasteiger partial charge on any atom is -0.486 e. The monoisotopic (exact) mass is 166 g/mol. The fourth-order valence-corrected chi connectivity index (χ4v) is 1.19. The number of para-hydroxylation sites is 1.